The number of halogens is 1. The number of fused-ring (bicyclic) bond motifs is 1. The molecule has 1 aromatic rings. The van der Waals surface area contributed by atoms with E-state index in [-0.39, 0.29) is 34.9 Å². The number of ketones is 2. The summed E-state index contributed by atoms with van der Waals surface area (Å²) in [7, 11) is 0. The van der Waals surface area contributed by atoms with Gasteiger partial charge >= 0.3 is 0 Å². The van der Waals surface area contributed by atoms with E-state index in [1.54, 1.807) is 29.2 Å². The second-order valence-corrected chi connectivity index (χ2v) is 5.38. The van der Waals surface area contributed by atoms with Gasteiger partial charge in [-0.2, -0.15) is 0 Å². The molecule has 3 rings (SSSR count). The molecule has 1 fully saturated rings. The van der Waals surface area contributed by atoms with Crippen LogP contribution in [0.3, 0.4) is 0 Å². The Balaban J connectivity index is 2.12. The standard InChI is InChI=1S/C15H13ClN2O3/c1-8-7-18(8)13-12(17-11(19)6-16)14(20)9-4-2-3-5-10(9)15(13)21/h2-5,8H,6-7H2,1H3,(H,17,19). The molecule has 0 saturated carbocycles. The van der Waals surface area contributed by atoms with E-state index in [2.05, 4.69) is 5.32 Å². The third kappa shape index (κ3) is 2.23. The highest BCUT2D eigenvalue weighted by molar-refractivity contribution is 6.30. The second kappa shape index (κ2) is 5.00. The first-order chi connectivity index (χ1) is 10.0. The van der Waals surface area contributed by atoms with Gasteiger partial charge in [-0.25, -0.2) is 0 Å². The highest BCUT2D eigenvalue weighted by Gasteiger charge is 2.42. The van der Waals surface area contributed by atoms with Crippen LogP contribution in [0.25, 0.3) is 0 Å². The Labute approximate surface area is 126 Å². The van der Waals surface area contributed by atoms with Gasteiger partial charge < -0.3 is 10.2 Å². The summed E-state index contributed by atoms with van der Waals surface area (Å²) < 4.78 is 0. The molecule has 1 atom stereocenters. The van der Waals surface area contributed by atoms with Crippen LogP contribution < -0.4 is 5.32 Å². The fourth-order valence-electron chi connectivity index (χ4n) is 2.47. The fraction of sp³-hybridized carbons (Fsp3) is 0.267. The molecule has 1 heterocycles. The third-order valence-electron chi connectivity index (χ3n) is 3.63. The summed E-state index contributed by atoms with van der Waals surface area (Å²) in [6.45, 7) is 2.64. The maximum Gasteiger partial charge on any atom is 0.239 e. The van der Waals surface area contributed by atoms with Crippen LogP contribution in [0.4, 0.5) is 0 Å². The zero-order valence-corrected chi connectivity index (χ0v) is 12.1. The number of nitrogens with one attached hydrogen (secondary N) is 1. The van der Waals surface area contributed by atoms with E-state index < -0.39 is 5.91 Å². The lowest BCUT2D eigenvalue weighted by Crippen LogP contribution is -2.36. The number of hydrogen-bond acceptors (Lipinski definition) is 4. The number of alkyl halides is 1. The largest absolute Gasteiger partial charge is 0.360 e. The van der Waals surface area contributed by atoms with Crippen LogP contribution in [0.2, 0.25) is 0 Å². The number of hydrogen-bond donors (Lipinski definition) is 1. The summed E-state index contributed by atoms with van der Waals surface area (Å²) in [5.41, 5.74) is 0.990. The number of amides is 1. The second-order valence-electron chi connectivity index (χ2n) is 5.11. The molecule has 6 heteroatoms. The topological polar surface area (TPSA) is 66.2 Å². The van der Waals surface area contributed by atoms with Crippen molar-refractivity contribution in [2.45, 2.75) is 13.0 Å². The molecule has 108 valence electrons. The van der Waals surface area contributed by atoms with Crippen LogP contribution in [0.15, 0.2) is 35.7 Å². The van der Waals surface area contributed by atoms with Gasteiger partial charge in [0.2, 0.25) is 17.5 Å². The highest BCUT2D eigenvalue weighted by atomic mass is 35.5. The molecule has 1 saturated heterocycles. The fourth-order valence-corrected chi connectivity index (χ4v) is 2.54. The molecule has 1 aliphatic carbocycles. The third-order valence-corrected chi connectivity index (χ3v) is 3.87. The van der Waals surface area contributed by atoms with E-state index >= 15 is 0 Å². The predicted octanol–water partition coefficient (Wildman–Crippen LogP) is 1.34. The number of nitrogens with zero attached hydrogens (tertiary/aromatic N) is 1. The Bertz CT molecular complexity index is 696. The summed E-state index contributed by atoms with van der Waals surface area (Å²) in [5.74, 6) is -1.36. The van der Waals surface area contributed by atoms with Crippen molar-refractivity contribution in [3.63, 3.8) is 0 Å². The zero-order chi connectivity index (χ0) is 15.1. The van der Waals surface area contributed by atoms with Crippen LogP contribution >= 0.6 is 11.6 Å². The lowest BCUT2D eigenvalue weighted by Gasteiger charge is -2.22. The lowest BCUT2D eigenvalue weighted by molar-refractivity contribution is -0.117. The average Bonchev–Trinajstić information content (AvgIpc) is 3.21. The zero-order valence-electron chi connectivity index (χ0n) is 11.4. The molecular formula is C15H13ClN2O3. The van der Waals surface area contributed by atoms with E-state index in [1.165, 1.54) is 0 Å². The molecule has 0 aromatic heterocycles. The minimum atomic E-state index is -0.501. The minimum absolute atomic E-state index is 0.0358. The van der Waals surface area contributed by atoms with Crippen molar-refractivity contribution < 1.29 is 14.4 Å². The van der Waals surface area contributed by atoms with Crippen molar-refractivity contribution in [2.75, 3.05) is 12.4 Å². The summed E-state index contributed by atoms with van der Waals surface area (Å²) in [6.07, 6.45) is 0. The lowest BCUT2D eigenvalue weighted by atomic mass is 9.90. The summed E-state index contributed by atoms with van der Waals surface area (Å²) in [6, 6.07) is 6.81. The quantitative estimate of drug-likeness (QED) is 0.676. The van der Waals surface area contributed by atoms with Gasteiger partial charge in [0.15, 0.2) is 0 Å². The van der Waals surface area contributed by atoms with Gasteiger partial charge in [0.1, 0.15) is 17.3 Å². The van der Waals surface area contributed by atoms with Gasteiger partial charge in [-0.15, -0.1) is 11.6 Å². The van der Waals surface area contributed by atoms with Gasteiger partial charge in [-0.05, 0) is 6.92 Å². The summed E-state index contributed by atoms with van der Waals surface area (Å²) >= 11 is 5.48. The van der Waals surface area contributed by atoms with Crippen LogP contribution in [0.1, 0.15) is 27.6 Å². The van der Waals surface area contributed by atoms with Crippen molar-refractivity contribution >= 4 is 29.1 Å². The molecule has 1 amide bonds. The van der Waals surface area contributed by atoms with Crippen molar-refractivity contribution in [1.29, 1.82) is 0 Å². The number of rotatable bonds is 3. The first-order valence-electron chi connectivity index (χ1n) is 6.59. The number of benzene rings is 1. The smallest absolute Gasteiger partial charge is 0.239 e. The SMILES string of the molecule is CC1CN1C1=C(NC(=O)CCl)C(=O)c2ccccc2C1=O. The van der Waals surface area contributed by atoms with E-state index in [1.807, 2.05) is 6.92 Å². The Morgan fingerprint density at radius 3 is 2.38 bits per heavy atom. The van der Waals surface area contributed by atoms with Gasteiger partial charge in [-0.1, -0.05) is 24.3 Å². The van der Waals surface area contributed by atoms with E-state index in [0.29, 0.717) is 17.7 Å². The van der Waals surface area contributed by atoms with Gasteiger partial charge in [-0.3, -0.25) is 14.4 Å². The molecule has 0 bridgehead atoms. The average molecular weight is 305 g/mol. The maximum absolute atomic E-state index is 12.6. The highest BCUT2D eigenvalue weighted by Crippen LogP contribution is 2.33. The molecule has 1 aromatic carbocycles. The number of carbonyl (C=O) groups excluding carboxylic acids is 3. The molecular weight excluding hydrogens is 292 g/mol. The van der Waals surface area contributed by atoms with Crippen LogP contribution in [-0.2, 0) is 4.79 Å². The van der Waals surface area contributed by atoms with Crippen molar-refractivity contribution in [1.82, 2.24) is 10.2 Å². The molecule has 0 radical (unpaired) electrons. The van der Waals surface area contributed by atoms with Crippen molar-refractivity contribution in [3.8, 4) is 0 Å². The van der Waals surface area contributed by atoms with Gasteiger partial charge in [0, 0.05) is 23.7 Å². The first kappa shape index (κ1) is 13.8. The molecule has 5 nitrogen and oxygen atoms in total. The van der Waals surface area contributed by atoms with Crippen LogP contribution in [-0.4, -0.2) is 40.8 Å². The van der Waals surface area contributed by atoms with Crippen molar-refractivity contribution in [3.05, 3.63) is 46.8 Å². The van der Waals surface area contributed by atoms with E-state index in [0.717, 1.165) is 0 Å². The van der Waals surface area contributed by atoms with Crippen LogP contribution in [0.5, 0.6) is 0 Å². The number of carbonyl (C=O) groups is 3. The predicted molar refractivity (Wildman–Crippen MR) is 77.2 cm³/mol. The number of allylic oxidation sites excluding steroid dienone is 2. The molecule has 1 N–H and O–H groups in total. The Morgan fingerprint density at radius 1 is 1.29 bits per heavy atom. The Hall–Kier alpha value is -2.14. The first-order valence-corrected chi connectivity index (χ1v) is 7.13. The monoisotopic (exact) mass is 304 g/mol. The minimum Gasteiger partial charge on any atom is -0.360 e. The Kier molecular flexibility index (Phi) is 3.29. The van der Waals surface area contributed by atoms with Gasteiger partial charge in [0.25, 0.3) is 0 Å². The molecule has 21 heavy (non-hydrogen) atoms. The maximum atomic E-state index is 12.6. The molecule has 1 unspecified atom stereocenters. The molecule has 1 aliphatic heterocycles. The Morgan fingerprint density at radius 2 is 1.86 bits per heavy atom. The summed E-state index contributed by atoms with van der Waals surface area (Å²) in [4.78, 5) is 38.6. The molecule has 2 aliphatic rings. The van der Waals surface area contributed by atoms with Crippen molar-refractivity contribution in [2.24, 2.45) is 0 Å². The van der Waals surface area contributed by atoms with Gasteiger partial charge in [0.05, 0.1) is 0 Å². The molecule has 0 spiro atoms. The number of Topliss-reactive ketones (excluding diaryl/α,β-unsaturated/α-hetero) is 2. The summed E-state index contributed by atoms with van der Waals surface area (Å²) in [5, 5.41) is 2.48. The van der Waals surface area contributed by atoms with E-state index in [4.69, 9.17) is 11.6 Å². The van der Waals surface area contributed by atoms with Crippen LogP contribution in [0, 0.1) is 0 Å². The van der Waals surface area contributed by atoms with E-state index in [9.17, 15) is 14.4 Å². The normalized spacial score (nSPS) is 20.5.